The van der Waals surface area contributed by atoms with Crippen molar-refractivity contribution in [3.8, 4) is 0 Å². The van der Waals surface area contributed by atoms with Crippen LogP contribution in [0.5, 0.6) is 0 Å². The summed E-state index contributed by atoms with van der Waals surface area (Å²) >= 11 is 7.70. The highest BCUT2D eigenvalue weighted by Crippen LogP contribution is 2.18. The quantitative estimate of drug-likeness (QED) is 0.597. The molecule has 1 fully saturated rings. The molecule has 0 bridgehead atoms. The van der Waals surface area contributed by atoms with E-state index in [1.54, 1.807) is 0 Å². The molecule has 5 heteroatoms. The molecule has 3 nitrogen and oxygen atoms in total. The molecule has 150 valence electrons. The van der Waals surface area contributed by atoms with E-state index in [0.29, 0.717) is 6.54 Å². The number of benzene rings is 2. The molecule has 0 saturated carbocycles. The van der Waals surface area contributed by atoms with Gasteiger partial charge in [-0.2, -0.15) is 11.8 Å². The molecule has 1 heterocycles. The van der Waals surface area contributed by atoms with Crippen molar-refractivity contribution in [1.82, 2.24) is 10.2 Å². The number of hydrogen-bond donors (Lipinski definition) is 1. The number of hydrogen-bond acceptors (Lipinski definition) is 3. The zero-order valence-corrected chi connectivity index (χ0v) is 18.1. The maximum atomic E-state index is 12.3. The van der Waals surface area contributed by atoms with Crippen LogP contribution in [-0.2, 0) is 12.3 Å². The van der Waals surface area contributed by atoms with Crippen molar-refractivity contribution in [2.45, 2.75) is 32.1 Å². The molecule has 0 spiro atoms. The van der Waals surface area contributed by atoms with Crippen LogP contribution >= 0.6 is 23.4 Å². The van der Waals surface area contributed by atoms with E-state index >= 15 is 0 Å². The standard InChI is InChI=1S/C23H29ClN2OS/c1-18-10-13-26(14-11-18)16-19-2-6-21(7-3-19)23(27)25-12-15-28-17-20-4-8-22(24)9-5-20/h2-9,18H,10-17H2,1H3,(H,25,27). The van der Waals surface area contributed by atoms with Gasteiger partial charge in [0.05, 0.1) is 0 Å². The van der Waals surface area contributed by atoms with Gasteiger partial charge in [-0.05, 0) is 67.2 Å². The molecule has 0 radical (unpaired) electrons. The number of likely N-dealkylation sites (tertiary alicyclic amines) is 1. The second-order valence-corrected chi connectivity index (χ2v) is 9.13. The van der Waals surface area contributed by atoms with Crippen LogP contribution in [0.3, 0.4) is 0 Å². The van der Waals surface area contributed by atoms with Gasteiger partial charge in [0.2, 0.25) is 0 Å². The van der Waals surface area contributed by atoms with Crippen molar-refractivity contribution in [3.05, 3.63) is 70.2 Å². The average Bonchev–Trinajstić information content (AvgIpc) is 2.71. The molecule has 1 N–H and O–H groups in total. The Morgan fingerprint density at radius 3 is 2.39 bits per heavy atom. The van der Waals surface area contributed by atoms with Gasteiger partial charge in [-0.15, -0.1) is 0 Å². The highest BCUT2D eigenvalue weighted by Gasteiger charge is 2.15. The molecule has 1 aliphatic heterocycles. The summed E-state index contributed by atoms with van der Waals surface area (Å²) in [6.07, 6.45) is 2.58. The minimum absolute atomic E-state index is 0.00504. The maximum Gasteiger partial charge on any atom is 0.251 e. The molecule has 0 unspecified atom stereocenters. The normalized spacial score (nSPS) is 15.5. The molecular formula is C23H29ClN2OS. The Kier molecular flexibility index (Phi) is 8.26. The summed E-state index contributed by atoms with van der Waals surface area (Å²) in [6.45, 7) is 6.34. The molecule has 1 saturated heterocycles. The first-order valence-corrected chi connectivity index (χ1v) is 11.5. The Morgan fingerprint density at radius 1 is 1.07 bits per heavy atom. The zero-order chi connectivity index (χ0) is 19.8. The van der Waals surface area contributed by atoms with E-state index in [2.05, 4.69) is 29.3 Å². The van der Waals surface area contributed by atoms with E-state index in [1.807, 2.05) is 48.2 Å². The molecule has 3 rings (SSSR count). The smallest absolute Gasteiger partial charge is 0.251 e. The predicted octanol–water partition coefficient (Wildman–Crippen LogP) is 5.24. The van der Waals surface area contributed by atoms with Gasteiger partial charge in [-0.25, -0.2) is 0 Å². The van der Waals surface area contributed by atoms with Crippen molar-refractivity contribution in [2.24, 2.45) is 5.92 Å². The summed E-state index contributed by atoms with van der Waals surface area (Å²) in [4.78, 5) is 14.8. The summed E-state index contributed by atoms with van der Waals surface area (Å²) in [5, 5.41) is 3.77. The molecule has 2 aromatic carbocycles. The number of carbonyl (C=O) groups is 1. The molecule has 2 aromatic rings. The topological polar surface area (TPSA) is 32.3 Å². The van der Waals surface area contributed by atoms with Crippen molar-refractivity contribution in [3.63, 3.8) is 0 Å². The second kappa shape index (κ2) is 10.9. The summed E-state index contributed by atoms with van der Waals surface area (Å²) < 4.78 is 0. The average molecular weight is 417 g/mol. The lowest BCUT2D eigenvalue weighted by atomic mass is 9.99. The van der Waals surface area contributed by atoms with Crippen LogP contribution in [0.2, 0.25) is 5.02 Å². The predicted molar refractivity (Wildman–Crippen MR) is 120 cm³/mol. The maximum absolute atomic E-state index is 12.3. The lowest BCUT2D eigenvalue weighted by Crippen LogP contribution is -2.32. The number of halogens is 1. The third-order valence-corrected chi connectivity index (χ3v) is 6.49. The van der Waals surface area contributed by atoms with Gasteiger partial charge < -0.3 is 5.32 Å². The van der Waals surface area contributed by atoms with E-state index in [1.165, 1.54) is 37.1 Å². The van der Waals surface area contributed by atoms with Crippen LogP contribution < -0.4 is 5.32 Å². The monoisotopic (exact) mass is 416 g/mol. The van der Waals surface area contributed by atoms with Crippen LogP contribution in [0.25, 0.3) is 0 Å². The largest absolute Gasteiger partial charge is 0.351 e. The Hall–Kier alpha value is -1.49. The third kappa shape index (κ3) is 6.84. The van der Waals surface area contributed by atoms with Gasteiger partial charge in [-0.1, -0.05) is 42.8 Å². The van der Waals surface area contributed by atoms with Crippen molar-refractivity contribution >= 4 is 29.3 Å². The first kappa shape index (κ1) is 21.2. The van der Waals surface area contributed by atoms with Gasteiger partial charge in [0, 0.05) is 35.2 Å². The first-order valence-electron chi connectivity index (χ1n) is 10.0. The molecule has 1 amide bonds. The number of piperidine rings is 1. The SMILES string of the molecule is CC1CCN(Cc2ccc(C(=O)NCCSCc3ccc(Cl)cc3)cc2)CC1. The Morgan fingerprint density at radius 2 is 1.71 bits per heavy atom. The lowest BCUT2D eigenvalue weighted by molar-refractivity contribution is 0.0956. The van der Waals surface area contributed by atoms with E-state index in [4.69, 9.17) is 11.6 Å². The number of thioether (sulfide) groups is 1. The Bertz CT molecular complexity index is 740. The van der Waals surface area contributed by atoms with Crippen molar-refractivity contribution in [2.75, 3.05) is 25.4 Å². The Labute approximate surface area is 177 Å². The minimum atomic E-state index is 0.00504. The fraction of sp³-hybridized carbons (Fsp3) is 0.435. The van der Waals surface area contributed by atoms with Crippen molar-refractivity contribution in [1.29, 1.82) is 0 Å². The minimum Gasteiger partial charge on any atom is -0.351 e. The first-order chi connectivity index (χ1) is 13.6. The molecule has 0 atom stereocenters. The number of carbonyl (C=O) groups excluding carboxylic acids is 1. The number of rotatable bonds is 8. The zero-order valence-electron chi connectivity index (χ0n) is 16.5. The van der Waals surface area contributed by atoms with Gasteiger partial charge in [-0.3, -0.25) is 9.69 Å². The summed E-state index contributed by atoms with van der Waals surface area (Å²) in [6, 6.07) is 16.0. The lowest BCUT2D eigenvalue weighted by Gasteiger charge is -2.30. The Balaban J connectivity index is 1.35. The summed E-state index contributed by atoms with van der Waals surface area (Å²) in [7, 11) is 0. The second-order valence-electron chi connectivity index (χ2n) is 7.59. The number of nitrogens with one attached hydrogen (secondary N) is 1. The molecule has 0 aromatic heterocycles. The van der Waals surface area contributed by atoms with Crippen LogP contribution in [0.1, 0.15) is 41.3 Å². The molecule has 0 aliphatic carbocycles. The summed E-state index contributed by atoms with van der Waals surface area (Å²) in [5.41, 5.74) is 3.27. The highest BCUT2D eigenvalue weighted by atomic mass is 35.5. The van der Waals surface area contributed by atoms with E-state index in [9.17, 15) is 4.79 Å². The van der Waals surface area contributed by atoms with E-state index < -0.39 is 0 Å². The summed E-state index contributed by atoms with van der Waals surface area (Å²) in [5.74, 6) is 2.67. The van der Waals surface area contributed by atoms with Gasteiger partial charge in [0.15, 0.2) is 0 Å². The molecule has 28 heavy (non-hydrogen) atoms. The van der Waals surface area contributed by atoms with Crippen molar-refractivity contribution < 1.29 is 4.79 Å². The highest BCUT2D eigenvalue weighted by molar-refractivity contribution is 7.98. The fourth-order valence-electron chi connectivity index (χ4n) is 3.35. The van der Waals surface area contributed by atoms with Crippen LogP contribution in [-0.4, -0.2) is 36.2 Å². The van der Waals surface area contributed by atoms with Gasteiger partial charge >= 0.3 is 0 Å². The molecule has 1 aliphatic rings. The number of nitrogens with zero attached hydrogens (tertiary/aromatic N) is 1. The van der Waals surface area contributed by atoms with Gasteiger partial charge in [0.25, 0.3) is 5.91 Å². The third-order valence-electron chi connectivity index (χ3n) is 5.21. The van der Waals surface area contributed by atoms with Gasteiger partial charge in [0.1, 0.15) is 0 Å². The van der Waals surface area contributed by atoms with Crippen LogP contribution in [0.15, 0.2) is 48.5 Å². The van der Waals surface area contributed by atoms with E-state index in [-0.39, 0.29) is 5.91 Å². The molecular weight excluding hydrogens is 388 g/mol. The van der Waals surface area contributed by atoms with Crippen LogP contribution in [0.4, 0.5) is 0 Å². The number of amides is 1. The van der Waals surface area contributed by atoms with Crippen LogP contribution in [0, 0.1) is 5.92 Å². The fourth-order valence-corrected chi connectivity index (χ4v) is 4.29. The van der Waals surface area contributed by atoms with E-state index in [0.717, 1.165) is 34.6 Å².